The van der Waals surface area contributed by atoms with Crippen molar-refractivity contribution in [2.75, 3.05) is 12.1 Å². The van der Waals surface area contributed by atoms with E-state index in [0.29, 0.717) is 44.7 Å². The first-order valence-corrected chi connectivity index (χ1v) is 9.93. The topological polar surface area (TPSA) is 120 Å². The van der Waals surface area contributed by atoms with Gasteiger partial charge in [0, 0.05) is 23.7 Å². The molecule has 9 nitrogen and oxygen atoms in total. The summed E-state index contributed by atoms with van der Waals surface area (Å²) in [7, 11) is 0. The third kappa shape index (κ3) is 3.25. The first-order valence-electron chi connectivity index (χ1n) is 9.12. The molecule has 0 atom stereocenters. The highest BCUT2D eigenvalue weighted by atomic mass is 32.1. The van der Waals surface area contributed by atoms with Gasteiger partial charge in [-0.1, -0.05) is 17.4 Å². The van der Waals surface area contributed by atoms with Gasteiger partial charge in [0.1, 0.15) is 0 Å². The molecule has 152 valence electrons. The van der Waals surface area contributed by atoms with E-state index < -0.39 is 5.63 Å². The lowest BCUT2D eigenvalue weighted by molar-refractivity contribution is 0.174. The summed E-state index contributed by atoms with van der Waals surface area (Å²) >= 11 is 1.24. The smallest absolute Gasteiger partial charge is 0.346 e. The van der Waals surface area contributed by atoms with E-state index in [1.165, 1.54) is 11.3 Å². The first-order chi connectivity index (χ1) is 14.6. The molecule has 0 saturated carbocycles. The molecular formula is C20H16N4O5S. The highest BCUT2D eigenvalue weighted by Crippen LogP contribution is 2.33. The van der Waals surface area contributed by atoms with E-state index in [2.05, 4.69) is 20.5 Å². The molecule has 1 aliphatic heterocycles. The number of hydrogen-bond donors (Lipinski definition) is 2. The van der Waals surface area contributed by atoms with Gasteiger partial charge in [0.15, 0.2) is 22.1 Å². The van der Waals surface area contributed by atoms with Crippen LogP contribution in [0.2, 0.25) is 0 Å². The third-order valence-electron chi connectivity index (χ3n) is 4.74. The van der Waals surface area contributed by atoms with E-state index in [0.717, 1.165) is 11.3 Å². The Balaban J connectivity index is 1.41. The van der Waals surface area contributed by atoms with Gasteiger partial charge in [0.05, 0.1) is 17.9 Å². The summed E-state index contributed by atoms with van der Waals surface area (Å²) in [5.74, 6) is 1.44. The molecular weight excluding hydrogens is 408 g/mol. The standard InChI is InChI=1S/C20H16N4O5S/c1-10-17-13(12(8-25)7-21-10)5-14(19(26)29-17)18-23-24-20(30-18)22-6-11-2-3-15-16(4-11)28-9-27-15/h2-5,7,25H,6,8-9H2,1H3,(H,22,24). The van der Waals surface area contributed by atoms with Crippen LogP contribution in [0.1, 0.15) is 16.8 Å². The summed E-state index contributed by atoms with van der Waals surface area (Å²) in [5.41, 5.74) is 2.27. The van der Waals surface area contributed by atoms with Gasteiger partial charge in [-0.2, -0.15) is 0 Å². The highest BCUT2D eigenvalue weighted by Gasteiger charge is 2.17. The van der Waals surface area contributed by atoms with E-state index in [-0.39, 0.29) is 19.0 Å². The lowest BCUT2D eigenvalue weighted by Gasteiger charge is -2.06. The Morgan fingerprint density at radius 2 is 2.07 bits per heavy atom. The zero-order valence-corrected chi connectivity index (χ0v) is 16.7. The molecule has 10 heteroatoms. The minimum atomic E-state index is -0.527. The molecule has 0 unspecified atom stereocenters. The van der Waals surface area contributed by atoms with E-state index in [4.69, 9.17) is 13.9 Å². The number of nitrogens with zero attached hydrogens (tertiary/aromatic N) is 3. The zero-order valence-electron chi connectivity index (χ0n) is 15.8. The fraction of sp³-hybridized carbons (Fsp3) is 0.200. The monoisotopic (exact) mass is 424 g/mol. The van der Waals surface area contributed by atoms with Crippen LogP contribution in [0, 0.1) is 6.92 Å². The predicted molar refractivity (Wildman–Crippen MR) is 110 cm³/mol. The number of hydrogen-bond acceptors (Lipinski definition) is 10. The van der Waals surface area contributed by atoms with Crippen molar-refractivity contribution in [3.8, 4) is 22.1 Å². The summed E-state index contributed by atoms with van der Waals surface area (Å²) in [6.07, 6.45) is 1.57. The second kappa shape index (κ2) is 7.39. The van der Waals surface area contributed by atoms with Crippen LogP contribution in [-0.4, -0.2) is 27.1 Å². The van der Waals surface area contributed by atoms with Gasteiger partial charge >= 0.3 is 5.63 Å². The van der Waals surface area contributed by atoms with Crippen molar-refractivity contribution in [3.05, 3.63) is 57.7 Å². The van der Waals surface area contributed by atoms with Gasteiger partial charge in [0.25, 0.3) is 0 Å². The largest absolute Gasteiger partial charge is 0.454 e. The normalized spacial score (nSPS) is 12.5. The Hall–Kier alpha value is -3.50. The minimum Gasteiger partial charge on any atom is -0.454 e. The number of aryl methyl sites for hydroxylation is 1. The van der Waals surface area contributed by atoms with Crippen LogP contribution in [0.3, 0.4) is 0 Å². The number of nitrogens with one attached hydrogen (secondary N) is 1. The number of fused-ring (bicyclic) bond motifs is 2. The second-order valence-corrected chi connectivity index (χ2v) is 7.65. The number of aliphatic hydroxyl groups is 1. The van der Waals surface area contributed by atoms with Gasteiger partial charge in [-0.15, -0.1) is 10.2 Å². The van der Waals surface area contributed by atoms with Gasteiger partial charge < -0.3 is 24.3 Å². The SMILES string of the molecule is Cc1ncc(CO)c2cc(-c3nnc(NCc4ccc5c(c4)OCO5)s3)c(=O)oc12. The Morgan fingerprint density at radius 1 is 1.20 bits per heavy atom. The maximum Gasteiger partial charge on any atom is 0.346 e. The molecule has 0 bridgehead atoms. The van der Waals surface area contributed by atoms with Crippen LogP contribution >= 0.6 is 11.3 Å². The lowest BCUT2D eigenvalue weighted by atomic mass is 10.1. The maximum atomic E-state index is 12.5. The molecule has 1 aliphatic rings. The summed E-state index contributed by atoms with van der Waals surface area (Å²) in [6.45, 7) is 2.27. The molecule has 0 saturated heterocycles. The van der Waals surface area contributed by atoms with Crippen LogP contribution in [0.5, 0.6) is 11.5 Å². The van der Waals surface area contributed by atoms with Crippen LogP contribution in [0.25, 0.3) is 21.5 Å². The quantitative estimate of drug-likeness (QED) is 0.498. The maximum absolute atomic E-state index is 12.5. The molecule has 1 aromatic carbocycles. The van der Waals surface area contributed by atoms with Crippen molar-refractivity contribution in [1.82, 2.24) is 15.2 Å². The van der Waals surface area contributed by atoms with E-state index in [9.17, 15) is 9.90 Å². The van der Waals surface area contributed by atoms with Crippen LogP contribution < -0.4 is 20.4 Å². The molecule has 4 aromatic rings. The Morgan fingerprint density at radius 3 is 2.93 bits per heavy atom. The van der Waals surface area contributed by atoms with E-state index in [1.54, 1.807) is 19.2 Å². The van der Waals surface area contributed by atoms with Crippen molar-refractivity contribution < 1.29 is 19.0 Å². The van der Waals surface area contributed by atoms with Gasteiger partial charge in [-0.05, 0) is 30.7 Å². The molecule has 0 fully saturated rings. The number of pyridine rings is 1. The van der Waals surface area contributed by atoms with Crippen LogP contribution in [-0.2, 0) is 13.2 Å². The Bertz CT molecular complexity index is 1320. The molecule has 3 aromatic heterocycles. The Kier molecular flexibility index (Phi) is 4.57. The molecule has 30 heavy (non-hydrogen) atoms. The average molecular weight is 424 g/mol. The summed E-state index contributed by atoms with van der Waals surface area (Å²) < 4.78 is 16.2. The summed E-state index contributed by atoms with van der Waals surface area (Å²) in [5, 5.41) is 22.7. The minimum absolute atomic E-state index is 0.213. The van der Waals surface area contributed by atoms with Crippen molar-refractivity contribution >= 4 is 27.4 Å². The first kappa shape index (κ1) is 18.5. The summed E-state index contributed by atoms with van der Waals surface area (Å²) in [4.78, 5) is 16.7. The fourth-order valence-corrected chi connectivity index (χ4v) is 3.93. The molecule has 0 amide bonds. The number of rotatable bonds is 5. The molecule has 0 radical (unpaired) electrons. The number of benzene rings is 1. The molecule has 5 rings (SSSR count). The molecule has 2 N–H and O–H groups in total. The van der Waals surface area contributed by atoms with Crippen molar-refractivity contribution in [2.24, 2.45) is 0 Å². The second-order valence-electron chi connectivity index (χ2n) is 6.67. The summed E-state index contributed by atoms with van der Waals surface area (Å²) in [6, 6.07) is 7.37. The number of aliphatic hydroxyl groups excluding tert-OH is 1. The fourth-order valence-electron chi connectivity index (χ4n) is 3.19. The lowest BCUT2D eigenvalue weighted by Crippen LogP contribution is -2.05. The number of ether oxygens (including phenoxy) is 2. The van der Waals surface area contributed by atoms with Crippen molar-refractivity contribution in [1.29, 1.82) is 0 Å². The average Bonchev–Trinajstić information content (AvgIpc) is 3.41. The van der Waals surface area contributed by atoms with Gasteiger partial charge in [-0.3, -0.25) is 4.98 Å². The van der Waals surface area contributed by atoms with Crippen molar-refractivity contribution in [2.45, 2.75) is 20.1 Å². The predicted octanol–water partition coefficient (Wildman–Crippen LogP) is 2.85. The number of anilines is 1. The van der Waals surface area contributed by atoms with Gasteiger partial charge in [-0.25, -0.2) is 4.79 Å². The molecule has 0 spiro atoms. The van der Waals surface area contributed by atoms with Crippen molar-refractivity contribution in [3.63, 3.8) is 0 Å². The van der Waals surface area contributed by atoms with E-state index in [1.807, 2.05) is 18.2 Å². The Labute approximate surface area is 173 Å². The third-order valence-corrected chi connectivity index (χ3v) is 5.66. The molecule has 0 aliphatic carbocycles. The zero-order chi connectivity index (χ0) is 20.7. The molecule has 4 heterocycles. The van der Waals surface area contributed by atoms with Crippen LogP contribution in [0.15, 0.2) is 39.7 Å². The van der Waals surface area contributed by atoms with E-state index >= 15 is 0 Å². The number of aromatic nitrogens is 3. The van der Waals surface area contributed by atoms with Gasteiger partial charge in [0.2, 0.25) is 11.9 Å². The van der Waals surface area contributed by atoms with Crippen LogP contribution in [0.4, 0.5) is 5.13 Å². The highest BCUT2D eigenvalue weighted by molar-refractivity contribution is 7.18.